The fraction of sp³-hybridized carbons (Fsp3) is 0.0267. The van der Waals surface area contributed by atoms with E-state index in [2.05, 4.69) is 118 Å². The zero-order valence-corrected chi connectivity index (χ0v) is 52.4. The Kier molecular flexibility index (Phi) is 23.5. The van der Waals surface area contributed by atoms with Gasteiger partial charge in [-0.15, -0.1) is 179 Å². The Morgan fingerprint density at radius 3 is 1.08 bits per heavy atom. The van der Waals surface area contributed by atoms with Crippen molar-refractivity contribution in [2.75, 3.05) is 0 Å². The number of benzene rings is 8. The molecule has 5 aromatic heterocycles. The van der Waals surface area contributed by atoms with Gasteiger partial charge in [-0.25, -0.2) is 0 Å². The van der Waals surface area contributed by atoms with Crippen molar-refractivity contribution in [3.8, 4) is 89.7 Å². The molecule has 5 heterocycles. The molecule has 413 valence electrons. The van der Waals surface area contributed by atoms with Gasteiger partial charge in [0.05, 0.1) is 6.85 Å². The van der Waals surface area contributed by atoms with Gasteiger partial charge in [-0.3, -0.25) is 0 Å². The minimum absolute atomic E-state index is 0. The van der Waals surface area contributed by atoms with Crippen LogP contribution in [-0.2, 0) is 60.3 Å². The minimum atomic E-state index is -0.396. The molecule has 0 fully saturated rings. The van der Waals surface area contributed by atoms with Crippen molar-refractivity contribution >= 4 is 0 Å². The quantitative estimate of drug-likeness (QED) is 0.142. The summed E-state index contributed by atoms with van der Waals surface area (Å²) in [5.74, 6) is 0. The summed E-state index contributed by atoms with van der Waals surface area (Å²) in [4.78, 5) is 21.8. The Morgan fingerprint density at radius 1 is 0.289 bits per heavy atom. The average molecular weight is 1610 g/mol. The first-order chi connectivity index (χ1) is 41.6. The summed E-state index contributed by atoms with van der Waals surface area (Å²) in [6, 6.07) is 93.3. The number of pyridine rings is 5. The molecule has 83 heavy (non-hydrogen) atoms. The second-order valence-electron chi connectivity index (χ2n) is 17.7. The number of aromatic nitrogens is 5. The van der Waals surface area contributed by atoms with Gasteiger partial charge in [0.15, 0.2) is 0 Å². The van der Waals surface area contributed by atoms with Crippen LogP contribution in [0.2, 0.25) is 0 Å². The van der Waals surface area contributed by atoms with Crippen molar-refractivity contribution in [2.45, 2.75) is 13.8 Å². The van der Waals surface area contributed by atoms with Gasteiger partial charge < -0.3 is 24.9 Å². The molecule has 0 aliphatic rings. The molecule has 0 aliphatic carbocycles. The van der Waals surface area contributed by atoms with E-state index >= 15 is 0 Å². The maximum absolute atomic E-state index is 7.98. The van der Waals surface area contributed by atoms with E-state index in [-0.39, 0.29) is 90.0 Å². The van der Waals surface area contributed by atoms with Crippen molar-refractivity contribution < 1.29 is 67.2 Å². The van der Waals surface area contributed by atoms with Crippen LogP contribution in [0.25, 0.3) is 89.7 Å². The van der Waals surface area contributed by atoms with Crippen LogP contribution in [0, 0.1) is 44.2 Å². The third-order valence-electron chi connectivity index (χ3n) is 12.2. The van der Waals surface area contributed by atoms with Crippen LogP contribution in [0.1, 0.15) is 18.0 Å². The third kappa shape index (κ3) is 19.3. The fourth-order valence-electron chi connectivity index (χ4n) is 8.14. The summed E-state index contributed by atoms with van der Waals surface area (Å²) >= 11 is 0. The number of hydrogen-bond acceptors (Lipinski definition) is 5. The summed E-state index contributed by atoms with van der Waals surface area (Å²) in [6.07, 6.45) is 8.97. The summed E-state index contributed by atoms with van der Waals surface area (Å²) in [5, 5.41) is 0. The molecule has 3 radical (unpaired) electrons. The minimum Gasteiger partial charge on any atom is -0.305 e. The smallest absolute Gasteiger partial charge is 0.0629 e. The summed E-state index contributed by atoms with van der Waals surface area (Å²) in [5.41, 5.74) is 17.5. The Balaban J connectivity index is 0.000000177. The summed E-state index contributed by atoms with van der Waals surface area (Å²) in [7, 11) is 0. The van der Waals surface area contributed by atoms with Crippen LogP contribution >= 0.6 is 0 Å². The van der Waals surface area contributed by atoms with Gasteiger partial charge in [-0.05, 0) is 93.4 Å². The van der Waals surface area contributed by atoms with Crippen LogP contribution in [0.3, 0.4) is 0 Å². The predicted octanol–water partition coefficient (Wildman–Crippen LogP) is 18.4. The molecule has 0 aliphatic heterocycles. The first kappa shape index (κ1) is 56.3. The number of nitrogens with zero attached hydrogens (tertiary/aromatic N) is 5. The second kappa shape index (κ2) is 34.7. The Labute approximate surface area is 536 Å². The standard InChI is InChI=1S/2C18H14N.C17H12N.2C11H8N.3Ir/c1-14-12-18(16-10-6-3-7-11-16)19-13-17(14)15-8-4-2-5-9-15;1-14-7-5-6-10-17(14)16-11-12-18(19-13-16)15-8-3-2-4-9-15;1-3-7-14(8-4-1)16-11-12-17(18-13-16)15-9-5-2-6-10-15;2*1-2-6-10(7-3-1)11-8-4-5-9-12-11;;;/h2-10,12-13H,1H3;2-8,10-13H,1H3;1-9,11-13H;2*1-6,8-9H;;;/q5*-1;;;/i;;1D,3D,4D,7D,8D;;;;;. The van der Waals surface area contributed by atoms with Crippen molar-refractivity contribution in [1.82, 2.24) is 24.9 Å². The van der Waals surface area contributed by atoms with Crippen molar-refractivity contribution in [3.63, 3.8) is 0 Å². The largest absolute Gasteiger partial charge is 0.305 e. The van der Waals surface area contributed by atoms with Gasteiger partial charge in [-0.2, -0.15) is 0 Å². The molecule has 13 aromatic rings. The topological polar surface area (TPSA) is 64.5 Å². The van der Waals surface area contributed by atoms with Gasteiger partial charge in [0, 0.05) is 96.9 Å². The van der Waals surface area contributed by atoms with E-state index in [4.69, 9.17) is 6.85 Å². The van der Waals surface area contributed by atoms with Crippen molar-refractivity contribution in [2.24, 2.45) is 0 Å². The zero-order chi connectivity index (χ0) is 59.2. The molecule has 0 saturated carbocycles. The number of aryl methyl sites for hydroxylation is 2. The average Bonchev–Trinajstić information content (AvgIpc) is 1.42. The van der Waals surface area contributed by atoms with Gasteiger partial charge >= 0.3 is 0 Å². The van der Waals surface area contributed by atoms with Gasteiger partial charge in [-0.1, -0.05) is 139 Å². The Bertz CT molecular complexity index is 3970. The molecule has 8 aromatic carbocycles. The summed E-state index contributed by atoms with van der Waals surface area (Å²) < 4.78 is 39.1. The van der Waals surface area contributed by atoms with Crippen LogP contribution in [0.5, 0.6) is 0 Å². The van der Waals surface area contributed by atoms with Gasteiger partial charge in [0.1, 0.15) is 0 Å². The van der Waals surface area contributed by atoms with E-state index in [1.165, 1.54) is 34.0 Å². The second-order valence-corrected chi connectivity index (χ2v) is 17.7. The van der Waals surface area contributed by atoms with Crippen molar-refractivity contribution in [3.05, 3.63) is 345 Å². The molecule has 8 heteroatoms. The first-order valence-electron chi connectivity index (χ1n) is 28.4. The predicted molar refractivity (Wildman–Crippen MR) is 328 cm³/mol. The molecule has 0 spiro atoms. The van der Waals surface area contributed by atoms with E-state index in [0.29, 0.717) is 11.3 Å². The zero-order valence-electron chi connectivity index (χ0n) is 50.2. The maximum Gasteiger partial charge on any atom is 0.0629 e. The molecular weight excluding hydrogens is 1550 g/mol. The molecule has 5 nitrogen and oxygen atoms in total. The third-order valence-corrected chi connectivity index (χ3v) is 12.2. The normalized spacial score (nSPS) is 10.6. The Hall–Kier alpha value is -8.54. The van der Waals surface area contributed by atoms with E-state index < -0.39 is 6.04 Å². The number of hydrogen-bond donors (Lipinski definition) is 0. The van der Waals surface area contributed by atoms with Crippen LogP contribution in [0.4, 0.5) is 0 Å². The molecule has 0 bridgehead atoms. The van der Waals surface area contributed by atoms with E-state index in [9.17, 15) is 0 Å². The van der Waals surface area contributed by atoms with Crippen LogP contribution in [0.15, 0.2) is 304 Å². The maximum atomic E-state index is 7.98. The molecule has 13 rings (SSSR count). The monoisotopic (exact) mass is 1610 g/mol. The van der Waals surface area contributed by atoms with Crippen molar-refractivity contribution in [1.29, 1.82) is 0 Å². The Morgan fingerprint density at radius 2 is 0.687 bits per heavy atom. The van der Waals surface area contributed by atoms with Gasteiger partial charge in [0.25, 0.3) is 0 Å². The summed E-state index contributed by atoms with van der Waals surface area (Å²) in [6.45, 7) is 4.24. The van der Waals surface area contributed by atoms with Gasteiger partial charge in [0.2, 0.25) is 0 Å². The first-order valence-corrected chi connectivity index (χ1v) is 25.9. The van der Waals surface area contributed by atoms with E-state index in [1.807, 2.05) is 188 Å². The van der Waals surface area contributed by atoms with Crippen LogP contribution < -0.4 is 0 Å². The van der Waals surface area contributed by atoms with Crippen LogP contribution in [-0.4, -0.2) is 24.9 Å². The van der Waals surface area contributed by atoms with E-state index in [0.717, 1.165) is 56.2 Å². The molecule has 0 unspecified atom stereocenters. The fourth-order valence-corrected chi connectivity index (χ4v) is 8.14. The molecular formula is C75H56Ir3N5-5. The van der Waals surface area contributed by atoms with E-state index in [1.54, 1.807) is 30.6 Å². The number of rotatable bonds is 8. The molecule has 0 N–H and O–H groups in total. The molecule has 0 saturated heterocycles. The SMILES string of the molecule is Cc1cc(-c2[c-]cccc2)ncc1-c1ccccc1.Cc1ccccc1-c1ccc(-c2[c-]cccc2)nc1.[2H]c1c([2H])c([2H])c(-c2ccc(-c3[c-]cccc3)nc2)c([2H])c1[2H].[Ir].[Ir].[Ir].[c-]1ccccc1-c1ccccn1.[c-]1ccccc1-c1ccccn1. The molecule has 0 atom stereocenters. The molecule has 0 amide bonds.